The van der Waals surface area contributed by atoms with Gasteiger partial charge in [0, 0.05) is 19.6 Å². The number of ether oxygens (including phenoxy) is 1. The predicted molar refractivity (Wildman–Crippen MR) is 80.1 cm³/mol. The highest BCUT2D eigenvalue weighted by Crippen LogP contribution is 2.08. The van der Waals surface area contributed by atoms with Crippen LogP contribution in [0.25, 0.3) is 0 Å². The average molecular weight is 278 g/mol. The lowest BCUT2D eigenvalue weighted by atomic mass is 10.1. The lowest BCUT2D eigenvalue weighted by molar-refractivity contribution is 0.0342. The Labute approximate surface area is 118 Å². The topological polar surface area (TPSA) is 62.9 Å². The summed E-state index contributed by atoms with van der Waals surface area (Å²) in [6, 6.07) is 8.27. The Kier molecular flexibility index (Phi) is 5.26. The monoisotopic (exact) mass is 278 g/mol. The Balaban J connectivity index is 1.86. The number of nitrogens with zero attached hydrogens (tertiary/aromatic N) is 2. The Morgan fingerprint density at radius 1 is 1.37 bits per heavy atom. The molecule has 1 heterocycles. The molecule has 2 rings (SSSR count). The maximum atomic E-state index is 5.33. The number of hydrazone groups is 1. The molecule has 0 unspecified atom stereocenters. The van der Waals surface area contributed by atoms with Crippen LogP contribution in [-0.4, -0.2) is 42.5 Å². The summed E-state index contributed by atoms with van der Waals surface area (Å²) in [4.78, 5) is 2.39. The van der Waals surface area contributed by atoms with Gasteiger partial charge in [-0.25, -0.2) is 0 Å². The quantitative estimate of drug-likeness (QED) is 0.482. The molecular formula is C13H18N4OS. The van der Waals surface area contributed by atoms with Gasteiger partial charge in [-0.3, -0.25) is 10.3 Å². The van der Waals surface area contributed by atoms with Gasteiger partial charge in [0.2, 0.25) is 0 Å². The minimum absolute atomic E-state index is 0.167. The summed E-state index contributed by atoms with van der Waals surface area (Å²) in [7, 11) is 0. The third kappa shape index (κ3) is 4.94. The fraction of sp³-hybridized carbons (Fsp3) is 0.385. The first kappa shape index (κ1) is 13.9. The van der Waals surface area contributed by atoms with Gasteiger partial charge in [0.1, 0.15) is 0 Å². The minimum Gasteiger partial charge on any atom is -0.379 e. The highest BCUT2D eigenvalue weighted by molar-refractivity contribution is 7.80. The third-order valence-corrected chi connectivity index (χ3v) is 2.97. The summed E-state index contributed by atoms with van der Waals surface area (Å²) in [6.07, 6.45) is 1.69. The fourth-order valence-electron chi connectivity index (χ4n) is 1.90. The Morgan fingerprint density at radius 2 is 2.05 bits per heavy atom. The number of hydrogen-bond acceptors (Lipinski definition) is 4. The second kappa shape index (κ2) is 7.18. The maximum Gasteiger partial charge on any atom is 0.184 e. The minimum atomic E-state index is 0.167. The lowest BCUT2D eigenvalue weighted by Crippen LogP contribution is -2.35. The smallest absolute Gasteiger partial charge is 0.184 e. The van der Waals surface area contributed by atoms with E-state index in [2.05, 4.69) is 39.8 Å². The van der Waals surface area contributed by atoms with E-state index in [1.807, 2.05) is 12.1 Å². The van der Waals surface area contributed by atoms with E-state index in [1.54, 1.807) is 6.21 Å². The molecular weight excluding hydrogens is 260 g/mol. The first-order chi connectivity index (χ1) is 9.24. The van der Waals surface area contributed by atoms with Crippen molar-refractivity contribution in [3.63, 3.8) is 0 Å². The highest BCUT2D eigenvalue weighted by atomic mass is 32.1. The number of nitrogens with two attached hydrogens (primary N) is 1. The number of benzene rings is 1. The van der Waals surface area contributed by atoms with Crippen LogP contribution in [0.1, 0.15) is 11.1 Å². The van der Waals surface area contributed by atoms with Crippen LogP contribution in [0, 0.1) is 0 Å². The molecule has 1 aromatic rings. The number of rotatable bonds is 4. The van der Waals surface area contributed by atoms with Gasteiger partial charge in [0.05, 0.1) is 19.4 Å². The Morgan fingerprint density at radius 3 is 2.68 bits per heavy atom. The molecule has 0 aromatic heterocycles. The first-order valence-electron chi connectivity index (χ1n) is 6.21. The van der Waals surface area contributed by atoms with Crippen molar-refractivity contribution >= 4 is 23.5 Å². The van der Waals surface area contributed by atoms with Crippen LogP contribution in [-0.2, 0) is 11.3 Å². The standard InChI is InChI=1S/C13H18N4OS/c14-13(19)16-15-9-11-1-3-12(4-2-11)10-17-5-7-18-8-6-17/h1-4,9H,5-8,10H2,(H3,14,16,19). The van der Waals surface area contributed by atoms with Crippen LogP contribution >= 0.6 is 12.2 Å². The number of hydrogen-bond donors (Lipinski definition) is 2. The number of morpholine rings is 1. The Bertz CT molecular complexity index is 440. The third-order valence-electron chi connectivity index (χ3n) is 2.88. The molecule has 1 saturated heterocycles. The summed E-state index contributed by atoms with van der Waals surface area (Å²) < 4.78 is 5.33. The summed E-state index contributed by atoms with van der Waals surface area (Å²) in [5.41, 5.74) is 10.1. The van der Waals surface area contributed by atoms with Crippen molar-refractivity contribution in [3.8, 4) is 0 Å². The molecule has 0 atom stereocenters. The zero-order valence-corrected chi connectivity index (χ0v) is 11.5. The molecule has 0 radical (unpaired) electrons. The predicted octanol–water partition coefficient (Wildman–Crippen LogP) is 0.686. The van der Waals surface area contributed by atoms with Gasteiger partial charge in [-0.2, -0.15) is 5.10 Å². The summed E-state index contributed by atoms with van der Waals surface area (Å²) in [5.74, 6) is 0. The summed E-state index contributed by atoms with van der Waals surface area (Å²) in [6.45, 7) is 4.62. The molecule has 0 spiro atoms. The van der Waals surface area contributed by atoms with E-state index in [1.165, 1.54) is 5.56 Å². The van der Waals surface area contributed by atoms with Gasteiger partial charge in [-0.05, 0) is 23.3 Å². The van der Waals surface area contributed by atoms with Crippen molar-refractivity contribution in [2.75, 3.05) is 26.3 Å². The van der Waals surface area contributed by atoms with Crippen LogP contribution in [0.2, 0.25) is 0 Å². The molecule has 19 heavy (non-hydrogen) atoms. The number of nitrogens with one attached hydrogen (secondary N) is 1. The van der Waals surface area contributed by atoms with E-state index in [4.69, 9.17) is 10.5 Å². The Hall–Kier alpha value is -1.50. The first-order valence-corrected chi connectivity index (χ1v) is 6.62. The molecule has 3 N–H and O–H groups in total. The zero-order valence-electron chi connectivity index (χ0n) is 10.7. The van der Waals surface area contributed by atoms with E-state index >= 15 is 0 Å². The van der Waals surface area contributed by atoms with Crippen molar-refractivity contribution in [1.29, 1.82) is 0 Å². The molecule has 1 fully saturated rings. The second-order valence-corrected chi connectivity index (χ2v) is 4.80. The van der Waals surface area contributed by atoms with Gasteiger partial charge in [0.25, 0.3) is 0 Å². The molecule has 0 aliphatic carbocycles. The van der Waals surface area contributed by atoms with E-state index in [-0.39, 0.29) is 5.11 Å². The normalized spacial score (nSPS) is 16.6. The molecule has 0 bridgehead atoms. The lowest BCUT2D eigenvalue weighted by Gasteiger charge is -2.26. The fourth-order valence-corrected chi connectivity index (χ4v) is 1.95. The van der Waals surface area contributed by atoms with E-state index in [0.29, 0.717) is 0 Å². The van der Waals surface area contributed by atoms with Crippen molar-refractivity contribution < 1.29 is 4.74 Å². The van der Waals surface area contributed by atoms with Gasteiger partial charge in [-0.1, -0.05) is 24.3 Å². The van der Waals surface area contributed by atoms with Crippen LogP contribution < -0.4 is 11.2 Å². The summed E-state index contributed by atoms with van der Waals surface area (Å²) in [5, 5.41) is 4.09. The van der Waals surface area contributed by atoms with Crippen LogP contribution in [0.3, 0.4) is 0 Å². The molecule has 0 amide bonds. The largest absolute Gasteiger partial charge is 0.379 e. The van der Waals surface area contributed by atoms with Gasteiger partial charge in [0.15, 0.2) is 5.11 Å². The van der Waals surface area contributed by atoms with Crippen molar-refractivity contribution in [2.24, 2.45) is 10.8 Å². The molecule has 6 heteroatoms. The highest BCUT2D eigenvalue weighted by Gasteiger charge is 2.10. The van der Waals surface area contributed by atoms with Crippen LogP contribution in [0.5, 0.6) is 0 Å². The maximum absolute atomic E-state index is 5.33. The molecule has 1 aromatic carbocycles. The van der Waals surface area contributed by atoms with Gasteiger partial charge >= 0.3 is 0 Å². The van der Waals surface area contributed by atoms with E-state index in [9.17, 15) is 0 Å². The molecule has 1 aliphatic rings. The van der Waals surface area contributed by atoms with Crippen LogP contribution in [0.15, 0.2) is 29.4 Å². The van der Waals surface area contributed by atoms with E-state index < -0.39 is 0 Å². The average Bonchev–Trinajstić information content (AvgIpc) is 2.42. The zero-order chi connectivity index (χ0) is 13.5. The second-order valence-electron chi connectivity index (χ2n) is 4.36. The molecule has 5 nitrogen and oxygen atoms in total. The van der Waals surface area contributed by atoms with Crippen molar-refractivity contribution in [2.45, 2.75) is 6.54 Å². The SMILES string of the molecule is NC(=S)NN=Cc1ccc(CN2CCOCC2)cc1. The van der Waals surface area contributed by atoms with Crippen LogP contribution in [0.4, 0.5) is 0 Å². The van der Waals surface area contributed by atoms with Crippen molar-refractivity contribution in [3.05, 3.63) is 35.4 Å². The van der Waals surface area contributed by atoms with Gasteiger partial charge in [-0.15, -0.1) is 0 Å². The molecule has 0 saturated carbocycles. The molecule has 1 aliphatic heterocycles. The van der Waals surface area contributed by atoms with Crippen molar-refractivity contribution in [1.82, 2.24) is 10.3 Å². The van der Waals surface area contributed by atoms with Gasteiger partial charge < -0.3 is 10.5 Å². The molecule has 102 valence electrons. The summed E-state index contributed by atoms with van der Waals surface area (Å²) >= 11 is 4.66. The number of thiocarbonyl (C=S) groups is 1. The van der Waals surface area contributed by atoms with E-state index in [0.717, 1.165) is 38.4 Å².